The van der Waals surface area contributed by atoms with Crippen LogP contribution in [0.4, 0.5) is 0 Å². The second kappa shape index (κ2) is 6.13. The van der Waals surface area contributed by atoms with Crippen LogP contribution in [0.5, 0.6) is 5.75 Å². The smallest absolute Gasteiger partial charge is 0.358 e. The summed E-state index contributed by atoms with van der Waals surface area (Å²) in [6, 6.07) is 3.73. The molecule has 2 rings (SSSR count). The van der Waals surface area contributed by atoms with Gasteiger partial charge in [0.1, 0.15) is 12.4 Å². The standard InChI is InChI=1S/C14H16ClN3O3/c1-8-6-11(7-9(2)12(8)15)21-5-4-18-10(3)13(14(19)20)16-17-18/h6-7H,4-5H2,1-3H3,(H,19,20). The lowest BCUT2D eigenvalue weighted by Gasteiger charge is -2.10. The predicted molar refractivity (Wildman–Crippen MR) is 78.1 cm³/mol. The summed E-state index contributed by atoms with van der Waals surface area (Å²) in [5.74, 6) is -0.353. The van der Waals surface area contributed by atoms with E-state index in [0.717, 1.165) is 21.9 Å². The molecule has 1 aromatic heterocycles. The fraction of sp³-hybridized carbons (Fsp3) is 0.357. The van der Waals surface area contributed by atoms with Crippen molar-refractivity contribution < 1.29 is 14.6 Å². The number of benzene rings is 1. The molecule has 0 aliphatic rings. The molecule has 112 valence electrons. The molecule has 0 aliphatic carbocycles. The molecule has 0 aliphatic heterocycles. The van der Waals surface area contributed by atoms with E-state index in [2.05, 4.69) is 10.3 Å². The van der Waals surface area contributed by atoms with Crippen molar-refractivity contribution in [2.24, 2.45) is 0 Å². The normalized spacial score (nSPS) is 10.7. The van der Waals surface area contributed by atoms with Gasteiger partial charge in [-0.2, -0.15) is 0 Å². The number of aromatic nitrogens is 3. The zero-order chi connectivity index (χ0) is 15.6. The average molecular weight is 310 g/mol. The maximum atomic E-state index is 10.9. The first-order valence-electron chi connectivity index (χ1n) is 6.43. The first-order chi connectivity index (χ1) is 9.90. The van der Waals surface area contributed by atoms with Crippen LogP contribution in [0.2, 0.25) is 5.02 Å². The van der Waals surface area contributed by atoms with Gasteiger partial charge >= 0.3 is 5.97 Å². The van der Waals surface area contributed by atoms with Crippen LogP contribution in [-0.2, 0) is 6.54 Å². The average Bonchev–Trinajstić information content (AvgIpc) is 2.77. The van der Waals surface area contributed by atoms with Crippen molar-refractivity contribution in [1.29, 1.82) is 0 Å². The van der Waals surface area contributed by atoms with E-state index in [1.165, 1.54) is 4.68 Å². The van der Waals surface area contributed by atoms with Crippen molar-refractivity contribution in [2.75, 3.05) is 6.61 Å². The number of hydrogen-bond acceptors (Lipinski definition) is 4. The molecule has 6 nitrogen and oxygen atoms in total. The van der Waals surface area contributed by atoms with Crippen LogP contribution >= 0.6 is 11.6 Å². The minimum Gasteiger partial charge on any atom is -0.492 e. The molecule has 0 amide bonds. The number of carboxylic acid groups (broad SMARTS) is 1. The summed E-state index contributed by atoms with van der Waals surface area (Å²) in [6.07, 6.45) is 0. The molecule has 2 aromatic rings. The highest BCUT2D eigenvalue weighted by molar-refractivity contribution is 6.32. The van der Waals surface area contributed by atoms with E-state index in [0.29, 0.717) is 18.8 Å². The highest BCUT2D eigenvalue weighted by Crippen LogP contribution is 2.25. The van der Waals surface area contributed by atoms with E-state index in [1.54, 1.807) is 6.92 Å². The summed E-state index contributed by atoms with van der Waals surface area (Å²) >= 11 is 6.10. The van der Waals surface area contributed by atoms with Crippen LogP contribution in [0, 0.1) is 20.8 Å². The second-order valence-corrected chi connectivity index (χ2v) is 5.15. The molecule has 21 heavy (non-hydrogen) atoms. The lowest BCUT2D eigenvalue weighted by Crippen LogP contribution is -2.11. The van der Waals surface area contributed by atoms with Crippen molar-refractivity contribution in [1.82, 2.24) is 15.0 Å². The summed E-state index contributed by atoms with van der Waals surface area (Å²) in [5, 5.41) is 17.1. The van der Waals surface area contributed by atoms with E-state index in [-0.39, 0.29) is 5.69 Å². The van der Waals surface area contributed by atoms with Gasteiger partial charge in [-0.25, -0.2) is 9.48 Å². The first kappa shape index (κ1) is 15.3. The number of rotatable bonds is 5. The van der Waals surface area contributed by atoms with Gasteiger partial charge in [0.05, 0.1) is 12.2 Å². The number of carbonyl (C=O) groups is 1. The SMILES string of the molecule is Cc1cc(OCCn2nnc(C(=O)O)c2C)cc(C)c1Cl. The molecule has 0 unspecified atom stereocenters. The third kappa shape index (κ3) is 3.33. The fourth-order valence-electron chi connectivity index (χ4n) is 2.01. The van der Waals surface area contributed by atoms with Crippen LogP contribution in [-0.4, -0.2) is 32.7 Å². The molecule has 1 heterocycles. The minimum absolute atomic E-state index is 0.0341. The molecule has 0 saturated heterocycles. The Hall–Kier alpha value is -2.08. The van der Waals surface area contributed by atoms with Gasteiger partial charge in [0.2, 0.25) is 0 Å². The molecule has 0 spiro atoms. The molecular formula is C14H16ClN3O3. The Balaban J connectivity index is 2.00. The van der Waals surface area contributed by atoms with Gasteiger partial charge in [0, 0.05) is 5.02 Å². The van der Waals surface area contributed by atoms with Crippen molar-refractivity contribution in [3.63, 3.8) is 0 Å². The molecular weight excluding hydrogens is 294 g/mol. The summed E-state index contributed by atoms with van der Waals surface area (Å²) in [5.41, 5.74) is 2.39. The number of aryl methyl sites for hydroxylation is 2. The van der Waals surface area contributed by atoms with E-state index < -0.39 is 5.97 Å². The van der Waals surface area contributed by atoms with Gasteiger partial charge in [-0.15, -0.1) is 5.10 Å². The second-order valence-electron chi connectivity index (χ2n) is 4.77. The van der Waals surface area contributed by atoms with Gasteiger partial charge in [-0.05, 0) is 44.0 Å². The molecule has 0 atom stereocenters. The van der Waals surface area contributed by atoms with Crippen molar-refractivity contribution in [3.05, 3.63) is 39.7 Å². The van der Waals surface area contributed by atoms with Crippen LogP contribution in [0.3, 0.4) is 0 Å². The Kier molecular flexibility index (Phi) is 4.47. The highest BCUT2D eigenvalue weighted by Gasteiger charge is 2.14. The Morgan fingerprint density at radius 1 is 1.33 bits per heavy atom. The van der Waals surface area contributed by atoms with Crippen LogP contribution in [0.25, 0.3) is 0 Å². The molecule has 1 aromatic carbocycles. The minimum atomic E-state index is -1.08. The number of halogens is 1. The predicted octanol–water partition coefficient (Wildman–Crippen LogP) is 2.63. The monoisotopic (exact) mass is 309 g/mol. The fourth-order valence-corrected chi connectivity index (χ4v) is 2.12. The van der Waals surface area contributed by atoms with Gasteiger partial charge in [0.25, 0.3) is 0 Å². The molecule has 0 saturated carbocycles. The molecule has 0 fully saturated rings. The van der Waals surface area contributed by atoms with Crippen LogP contribution in [0.1, 0.15) is 27.3 Å². The molecule has 7 heteroatoms. The zero-order valence-corrected chi connectivity index (χ0v) is 12.8. The Morgan fingerprint density at radius 2 is 1.95 bits per heavy atom. The van der Waals surface area contributed by atoms with E-state index in [1.807, 2.05) is 26.0 Å². The Labute approximate surface area is 127 Å². The Bertz CT molecular complexity index is 659. The molecule has 0 bridgehead atoms. The Morgan fingerprint density at radius 3 is 2.48 bits per heavy atom. The zero-order valence-electron chi connectivity index (χ0n) is 12.1. The summed E-state index contributed by atoms with van der Waals surface area (Å²) in [7, 11) is 0. The number of hydrogen-bond donors (Lipinski definition) is 1. The van der Waals surface area contributed by atoms with Crippen molar-refractivity contribution >= 4 is 17.6 Å². The third-order valence-electron chi connectivity index (χ3n) is 3.17. The largest absolute Gasteiger partial charge is 0.492 e. The number of carboxylic acids is 1. The highest BCUT2D eigenvalue weighted by atomic mass is 35.5. The summed E-state index contributed by atoms with van der Waals surface area (Å²) < 4.78 is 7.17. The summed E-state index contributed by atoms with van der Waals surface area (Å²) in [4.78, 5) is 10.9. The maximum absolute atomic E-state index is 10.9. The number of nitrogens with zero attached hydrogens (tertiary/aromatic N) is 3. The number of ether oxygens (including phenoxy) is 1. The quantitative estimate of drug-likeness (QED) is 0.918. The topological polar surface area (TPSA) is 77.2 Å². The van der Waals surface area contributed by atoms with Crippen LogP contribution in [0.15, 0.2) is 12.1 Å². The van der Waals surface area contributed by atoms with E-state index in [9.17, 15) is 4.79 Å². The lowest BCUT2D eigenvalue weighted by atomic mass is 10.1. The first-order valence-corrected chi connectivity index (χ1v) is 6.81. The van der Waals surface area contributed by atoms with Gasteiger partial charge in [-0.3, -0.25) is 0 Å². The summed E-state index contributed by atoms with van der Waals surface area (Å²) in [6.45, 7) is 6.29. The third-order valence-corrected chi connectivity index (χ3v) is 3.76. The molecule has 0 radical (unpaired) electrons. The van der Waals surface area contributed by atoms with E-state index >= 15 is 0 Å². The van der Waals surface area contributed by atoms with Gasteiger partial charge in [0.15, 0.2) is 5.69 Å². The number of aromatic carboxylic acids is 1. The lowest BCUT2D eigenvalue weighted by molar-refractivity contribution is 0.0689. The molecule has 1 N–H and O–H groups in total. The van der Waals surface area contributed by atoms with Crippen LogP contribution < -0.4 is 4.74 Å². The maximum Gasteiger partial charge on any atom is 0.358 e. The van der Waals surface area contributed by atoms with E-state index in [4.69, 9.17) is 21.4 Å². The van der Waals surface area contributed by atoms with Crippen molar-refractivity contribution in [3.8, 4) is 5.75 Å². The van der Waals surface area contributed by atoms with Crippen molar-refractivity contribution in [2.45, 2.75) is 27.3 Å². The van der Waals surface area contributed by atoms with Gasteiger partial charge in [-0.1, -0.05) is 16.8 Å². The van der Waals surface area contributed by atoms with Gasteiger partial charge < -0.3 is 9.84 Å².